The van der Waals surface area contributed by atoms with Crippen molar-refractivity contribution in [3.8, 4) is 0 Å². The number of carbonyl (C=O) groups excluding carboxylic acids is 3. The summed E-state index contributed by atoms with van der Waals surface area (Å²) in [5.41, 5.74) is 4.27. The van der Waals surface area contributed by atoms with Gasteiger partial charge in [0, 0.05) is 56.2 Å². The predicted molar refractivity (Wildman–Crippen MR) is 151 cm³/mol. The van der Waals surface area contributed by atoms with Crippen molar-refractivity contribution in [3.05, 3.63) is 89.7 Å². The van der Waals surface area contributed by atoms with Gasteiger partial charge in [-0.1, -0.05) is 31.2 Å². The topological polar surface area (TPSA) is 85.0 Å². The summed E-state index contributed by atoms with van der Waals surface area (Å²) in [5, 5.41) is 5.81. The van der Waals surface area contributed by atoms with Gasteiger partial charge in [0.05, 0.1) is 0 Å². The van der Waals surface area contributed by atoms with Crippen LogP contribution in [0.3, 0.4) is 0 Å². The highest BCUT2D eigenvalue weighted by molar-refractivity contribution is 5.94. The first-order valence-corrected chi connectivity index (χ1v) is 13.1. The molecule has 0 atom stereocenters. The Morgan fingerprint density at radius 1 is 0.872 bits per heavy atom. The van der Waals surface area contributed by atoms with Gasteiger partial charge in [-0.25, -0.2) is 9.18 Å². The van der Waals surface area contributed by atoms with E-state index in [-0.39, 0.29) is 43.2 Å². The molecule has 1 fully saturated rings. The van der Waals surface area contributed by atoms with Gasteiger partial charge < -0.3 is 25.3 Å². The lowest BCUT2D eigenvalue weighted by atomic mass is 10.2. The molecular formula is C30H34FN5O3. The molecule has 4 amide bonds. The number of amides is 4. The molecule has 39 heavy (non-hydrogen) atoms. The molecule has 0 aromatic heterocycles. The van der Waals surface area contributed by atoms with E-state index < -0.39 is 0 Å². The lowest BCUT2D eigenvalue weighted by Gasteiger charge is -2.36. The quantitative estimate of drug-likeness (QED) is 0.435. The molecule has 8 nitrogen and oxygen atoms in total. The Balaban J connectivity index is 1.27. The summed E-state index contributed by atoms with van der Waals surface area (Å²) >= 11 is 0. The summed E-state index contributed by atoms with van der Waals surface area (Å²) < 4.78 is 13.2. The summed E-state index contributed by atoms with van der Waals surface area (Å²) in [4.78, 5) is 43.2. The number of hydrogen-bond acceptors (Lipinski definition) is 4. The van der Waals surface area contributed by atoms with E-state index in [1.807, 2.05) is 60.4 Å². The number of anilines is 3. The zero-order valence-corrected chi connectivity index (χ0v) is 22.3. The van der Waals surface area contributed by atoms with E-state index in [1.165, 1.54) is 17.0 Å². The number of nitrogens with zero attached hydrogens (tertiary/aromatic N) is 3. The standard InChI is InChI=1S/C30H34FN5O3/c1-3-29(38)36(20-23-7-9-24(31)10-8-23)21-28(37)32-25-11-13-27(14-12-25)34-15-17-35(18-16-34)30(39)33-26-6-4-5-22(2)19-26/h4-14,19H,3,15-18,20-21H2,1-2H3,(H,32,37)(H,33,39). The van der Waals surface area contributed by atoms with Crippen LogP contribution < -0.4 is 15.5 Å². The maximum atomic E-state index is 13.2. The first-order valence-electron chi connectivity index (χ1n) is 13.1. The largest absolute Gasteiger partial charge is 0.368 e. The van der Waals surface area contributed by atoms with Gasteiger partial charge in [-0.2, -0.15) is 0 Å². The van der Waals surface area contributed by atoms with Gasteiger partial charge in [-0.3, -0.25) is 9.59 Å². The smallest absolute Gasteiger partial charge is 0.321 e. The number of piperazine rings is 1. The van der Waals surface area contributed by atoms with E-state index in [0.29, 0.717) is 31.9 Å². The fourth-order valence-electron chi connectivity index (χ4n) is 4.49. The molecule has 204 valence electrons. The number of hydrogen-bond donors (Lipinski definition) is 2. The van der Waals surface area contributed by atoms with Crippen LogP contribution in [0, 0.1) is 12.7 Å². The highest BCUT2D eigenvalue weighted by Crippen LogP contribution is 2.20. The van der Waals surface area contributed by atoms with Gasteiger partial charge in [-0.05, 0) is 66.6 Å². The Hall–Kier alpha value is -4.40. The molecule has 0 bridgehead atoms. The van der Waals surface area contributed by atoms with Crippen LogP contribution >= 0.6 is 0 Å². The molecule has 0 saturated carbocycles. The maximum Gasteiger partial charge on any atom is 0.321 e. The number of halogens is 1. The van der Waals surface area contributed by atoms with Crippen molar-refractivity contribution in [3.63, 3.8) is 0 Å². The second-order valence-electron chi connectivity index (χ2n) is 9.60. The molecule has 0 radical (unpaired) electrons. The van der Waals surface area contributed by atoms with Crippen LogP contribution in [0.2, 0.25) is 0 Å². The van der Waals surface area contributed by atoms with Gasteiger partial charge in [0.25, 0.3) is 0 Å². The zero-order valence-electron chi connectivity index (χ0n) is 22.3. The zero-order chi connectivity index (χ0) is 27.8. The molecule has 1 aliphatic rings. The minimum absolute atomic E-state index is 0.0988. The van der Waals surface area contributed by atoms with Crippen molar-refractivity contribution >= 4 is 34.9 Å². The first-order chi connectivity index (χ1) is 18.8. The van der Waals surface area contributed by atoms with Crippen LogP contribution in [0.4, 0.5) is 26.2 Å². The SMILES string of the molecule is CCC(=O)N(CC(=O)Nc1ccc(N2CCN(C(=O)Nc3cccc(C)c3)CC2)cc1)Cc1ccc(F)cc1. The van der Waals surface area contributed by atoms with Gasteiger partial charge in [-0.15, -0.1) is 0 Å². The van der Waals surface area contributed by atoms with E-state index in [9.17, 15) is 18.8 Å². The average molecular weight is 532 g/mol. The summed E-state index contributed by atoms with van der Waals surface area (Å²) in [6, 6.07) is 21.1. The summed E-state index contributed by atoms with van der Waals surface area (Å²) in [6.45, 7) is 6.47. The van der Waals surface area contributed by atoms with Gasteiger partial charge in [0.2, 0.25) is 11.8 Å². The minimum atomic E-state index is -0.348. The molecular weight excluding hydrogens is 497 g/mol. The maximum absolute atomic E-state index is 13.2. The van der Waals surface area contributed by atoms with Crippen LogP contribution in [0.5, 0.6) is 0 Å². The molecule has 1 saturated heterocycles. The van der Waals surface area contributed by atoms with E-state index >= 15 is 0 Å². The molecule has 9 heteroatoms. The van der Waals surface area contributed by atoms with Crippen LogP contribution in [0.25, 0.3) is 0 Å². The van der Waals surface area contributed by atoms with Crippen molar-refractivity contribution in [2.75, 3.05) is 48.3 Å². The summed E-state index contributed by atoms with van der Waals surface area (Å²) in [5.74, 6) is -0.810. The minimum Gasteiger partial charge on any atom is -0.368 e. The lowest BCUT2D eigenvalue weighted by molar-refractivity contribution is -0.135. The van der Waals surface area contributed by atoms with Crippen molar-refractivity contribution in [2.45, 2.75) is 26.8 Å². The number of urea groups is 1. The van der Waals surface area contributed by atoms with E-state index in [2.05, 4.69) is 15.5 Å². The second kappa shape index (κ2) is 12.9. The van der Waals surface area contributed by atoms with Crippen LogP contribution in [-0.4, -0.2) is 60.4 Å². The number of nitrogens with one attached hydrogen (secondary N) is 2. The molecule has 2 N–H and O–H groups in total. The highest BCUT2D eigenvalue weighted by atomic mass is 19.1. The summed E-state index contributed by atoms with van der Waals surface area (Å²) in [7, 11) is 0. The van der Waals surface area contributed by atoms with E-state index in [1.54, 1.807) is 19.1 Å². The predicted octanol–water partition coefficient (Wildman–Crippen LogP) is 4.87. The Morgan fingerprint density at radius 2 is 1.56 bits per heavy atom. The first kappa shape index (κ1) is 27.6. The molecule has 3 aromatic rings. The van der Waals surface area contributed by atoms with Crippen LogP contribution in [0.1, 0.15) is 24.5 Å². The average Bonchev–Trinajstić information content (AvgIpc) is 2.94. The third-order valence-electron chi connectivity index (χ3n) is 6.63. The Labute approximate surface area is 228 Å². The molecule has 1 aliphatic heterocycles. The summed E-state index contributed by atoms with van der Waals surface area (Å²) in [6.07, 6.45) is 0.268. The van der Waals surface area contributed by atoms with E-state index in [0.717, 1.165) is 22.5 Å². The fourth-order valence-corrected chi connectivity index (χ4v) is 4.49. The third-order valence-corrected chi connectivity index (χ3v) is 6.63. The number of aryl methyl sites for hydroxylation is 1. The van der Waals surface area contributed by atoms with Crippen LogP contribution in [-0.2, 0) is 16.1 Å². The molecule has 1 heterocycles. The van der Waals surface area contributed by atoms with Crippen molar-refractivity contribution in [1.29, 1.82) is 0 Å². The van der Waals surface area contributed by atoms with Crippen molar-refractivity contribution < 1.29 is 18.8 Å². The number of carbonyl (C=O) groups is 3. The monoisotopic (exact) mass is 531 g/mol. The fraction of sp³-hybridized carbons (Fsp3) is 0.300. The van der Waals surface area contributed by atoms with Crippen LogP contribution in [0.15, 0.2) is 72.8 Å². The number of rotatable bonds is 8. The molecule has 3 aromatic carbocycles. The van der Waals surface area contributed by atoms with Gasteiger partial charge in [0.15, 0.2) is 0 Å². The molecule has 0 unspecified atom stereocenters. The molecule has 0 spiro atoms. The molecule has 4 rings (SSSR count). The van der Waals surface area contributed by atoms with Crippen molar-refractivity contribution in [1.82, 2.24) is 9.80 Å². The highest BCUT2D eigenvalue weighted by Gasteiger charge is 2.22. The van der Waals surface area contributed by atoms with Gasteiger partial charge >= 0.3 is 6.03 Å². The Morgan fingerprint density at radius 3 is 2.21 bits per heavy atom. The van der Waals surface area contributed by atoms with Gasteiger partial charge in [0.1, 0.15) is 12.4 Å². The Bertz CT molecular complexity index is 1290. The lowest BCUT2D eigenvalue weighted by Crippen LogP contribution is -2.50. The third kappa shape index (κ3) is 7.80. The molecule has 0 aliphatic carbocycles. The Kier molecular flexibility index (Phi) is 9.14. The second-order valence-corrected chi connectivity index (χ2v) is 9.60. The normalized spacial score (nSPS) is 13.1. The van der Waals surface area contributed by atoms with E-state index in [4.69, 9.17) is 0 Å². The number of benzene rings is 3. The van der Waals surface area contributed by atoms with Crippen molar-refractivity contribution in [2.24, 2.45) is 0 Å².